The second kappa shape index (κ2) is 10.3. The van der Waals surface area contributed by atoms with E-state index < -0.39 is 0 Å². The molecule has 3 rings (SSSR count). The van der Waals surface area contributed by atoms with Crippen molar-refractivity contribution in [1.29, 1.82) is 0 Å². The van der Waals surface area contributed by atoms with Gasteiger partial charge in [-0.15, -0.1) is 0 Å². The maximum Gasteiger partial charge on any atom is 0.161 e. The summed E-state index contributed by atoms with van der Waals surface area (Å²) in [5.41, 5.74) is 2.54. The van der Waals surface area contributed by atoms with Crippen molar-refractivity contribution in [2.75, 3.05) is 20.3 Å². The van der Waals surface area contributed by atoms with Crippen LogP contribution in [-0.4, -0.2) is 26.6 Å². The summed E-state index contributed by atoms with van der Waals surface area (Å²) in [6.45, 7) is 0.825. The lowest BCUT2D eigenvalue weighted by Gasteiger charge is -2.14. The largest absolute Gasteiger partial charge is 0.496 e. The highest BCUT2D eigenvalue weighted by Gasteiger charge is 2.09. The summed E-state index contributed by atoms with van der Waals surface area (Å²) >= 11 is 0. The van der Waals surface area contributed by atoms with Gasteiger partial charge in [-0.05, 0) is 47.5 Å². The van der Waals surface area contributed by atoms with E-state index in [1.165, 1.54) is 12.1 Å². The first-order valence-electron chi connectivity index (χ1n) is 9.41. The van der Waals surface area contributed by atoms with Gasteiger partial charge in [-0.2, -0.15) is 0 Å². The number of halogens is 1. The first-order chi connectivity index (χ1) is 14.2. The lowest BCUT2D eigenvalue weighted by atomic mass is 10.1. The molecule has 0 aromatic heterocycles. The number of rotatable bonds is 10. The molecule has 29 heavy (non-hydrogen) atoms. The minimum Gasteiger partial charge on any atom is -0.496 e. The molecular formula is C24H23FO4. The van der Waals surface area contributed by atoms with Crippen LogP contribution in [0, 0.1) is 5.82 Å². The molecule has 0 bridgehead atoms. The van der Waals surface area contributed by atoms with Crippen LogP contribution in [0.5, 0.6) is 17.2 Å². The predicted octanol–water partition coefficient (Wildman–Crippen LogP) is 4.89. The van der Waals surface area contributed by atoms with Crippen molar-refractivity contribution in [1.82, 2.24) is 0 Å². The fraction of sp³-hybridized carbons (Fsp3) is 0.208. The fourth-order valence-electron chi connectivity index (χ4n) is 2.94. The zero-order chi connectivity index (χ0) is 20.5. The van der Waals surface area contributed by atoms with Gasteiger partial charge in [0.15, 0.2) is 11.5 Å². The zero-order valence-electron chi connectivity index (χ0n) is 16.3. The molecule has 3 aromatic rings. The van der Waals surface area contributed by atoms with Crippen molar-refractivity contribution in [2.24, 2.45) is 0 Å². The number of ether oxygens (including phenoxy) is 3. The van der Waals surface area contributed by atoms with E-state index in [4.69, 9.17) is 14.2 Å². The van der Waals surface area contributed by atoms with E-state index in [-0.39, 0.29) is 5.82 Å². The van der Waals surface area contributed by atoms with Gasteiger partial charge in [-0.3, -0.25) is 4.79 Å². The minimum absolute atomic E-state index is 0.259. The molecule has 0 spiro atoms. The predicted molar refractivity (Wildman–Crippen MR) is 110 cm³/mol. The van der Waals surface area contributed by atoms with E-state index in [1.54, 1.807) is 37.4 Å². The van der Waals surface area contributed by atoms with E-state index in [9.17, 15) is 9.18 Å². The highest BCUT2D eigenvalue weighted by atomic mass is 19.1. The van der Waals surface area contributed by atoms with Gasteiger partial charge in [0.2, 0.25) is 0 Å². The van der Waals surface area contributed by atoms with Gasteiger partial charge in [-0.25, -0.2) is 4.39 Å². The average molecular weight is 394 g/mol. The molecule has 0 saturated carbocycles. The van der Waals surface area contributed by atoms with Crippen molar-refractivity contribution in [3.05, 3.63) is 89.2 Å². The van der Waals surface area contributed by atoms with Crippen LogP contribution in [0.15, 0.2) is 66.7 Å². The molecule has 0 fully saturated rings. The average Bonchev–Trinajstić information content (AvgIpc) is 2.76. The molecule has 0 amide bonds. The lowest BCUT2D eigenvalue weighted by Crippen LogP contribution is -2.07. The number of carbonyl (C=O) groups excluding carboxylic acids is 1. The normalized spacial score (nSPS) is 10.4. The Morgan fingerprint density at radius 2 is 1.55 bits per heavy atom. The molecule has 0 saturated heterocycles. The fourth-order valence-corrected chi connectivity index (χ4v) is 2.94. The first-order valence-corrected chi connectivity index (χ1v) is 9.41. The van der Waals surface area contributed by atoms with E-state index in [0.29, 0.717) is 43.1 Å². The Morgan fingerprint density at radius 3 is 2.31 bits per heavy atom. The smallest absolute Gasteiger partial charge is 0.161 e. The number of hydrogen-bond acceptors (Lipinski definition) is 4. The summed E-state index contributed by atoms with van der Waals surface area (Å²) in [7, 11) is 1.64. The van der Waals surface area contributed by atoms with Crippen LogP contribution in [0.4, 0.5) is 4.39 Å². The number of para-hydroxylation sites is 1. The molecular weight excluding hydrogens is 371 g/mol. The lowest BCUT2D eigenvalue weighted by molar-refractivity contribution is 0.112. The maximum absolute atomic E-state index is 13.0. The Bertz CT molecular complexity index is 938. The van der Waals surface area contributed by atoms with Gasteiger partial charge in [0.05, 0.1) is 20.3 Å². The summed E-state index contributed by atoms with van der Waals surface area (Å²) in [5.74, 6) is 1.64. The Labute approximate surface area is 169 Å². The van der Waals surface area contributed by atoms with Crippen LogP contribution < -0.4 is 14.2 Å². The van der Waals surface area contributed by atoms with E-state index in [1.807, 2.05) is 24.3 Å². The second-order valence-corrected chi connectivity index (χ2v) is 6.46. The van der Waals surface area contributed by atoms with Crippen molar-refractivity contribution in [2.45, 2.75) is 12.8 Å². The minimum atomic E-state index is -0.259. The van der Waals surface area contributed by atoms with E-state index in [2.05, 4.69) is 0 Å². The Balaban J connectivity index is 1.62. The third-order valence-electron chi connectivity index (χ3n) is 4.49. The Morgan fingerprint density at radius 1 is 0.828 bits per heavy atom. The molecule has 3 aromatic carbocycles. The van der Waals surface area contributed by atoms with Crippen molar-refractivity contribution < 1.29 is 23.4 Å². The van der Waals surface area contributed by atoms with Gasteiger partial charge < -0.3 is 14.2 Å². The summed E-state index contributed by atoms with van der Waals surface area (Å²) < 4.78 is 30.1. The Kier molecular flexibility index (Phi) is 7.22. The molecule has 0 aliphatic heterocycles. The van der Waals surface area contributed by atoms with Crippen LogP contribution in [0.2, 0.25) is 0 Å². The molecule has 0 N–H and O–H groups in total. The number of carbonyl (C=O) groups is 1. The van der Waals surface area contributed by atoms with E-state index >= 15 is 0 Å². The van der Waals surface area contributed by atoms with Crippen molar-refractivity contribution >= 4 is 6.29 Å². The topological polar surface area (TPSA) is 44.8 Å². The molecule has 0 radical (unpaired) electrons. The second-order valence-electron chi connectivity index (χ2n) is 6.46. The van der Waals surface area contributed by atoms with Crippen molar-refractivity contribution in [3.63, 3.8) is 0 Å². The summed E-state index contributed by atoms with van der Waals surface area (Å²) in [5, 5.41) is 0. The number of benzene rings is 3. The van der Waals surface area contributed by atoms with Crippen LogP contribution in [0.25, 0.3) is 0 Å². The van der Waals surface area contributed by atoms with Crippen molar-refractivity contribution in [3.8, 4) is 17.2 Å². The molecule has 4 nitrogen and oxygen atoms in total. The summed E-state index contributed by atoms with van der Waals surface area (Å²) in [6, 6.07) is 19.2. The third-order valence-corrected chi connectivity index (χ3v) is 4.49. The molecule has 150 valence electrons. The van der Waals surface area contributed by atoms with Crippen LogP contribution in [-0.2, 0) is 12.8 Å². The molecule has 0 atom stereocenters. The summed E-state index contributed by atoms with van der Waals surface area (Å²) in [4.78, 5) is 11.1. The maximum atomic E-state index is 13.0. The molecule has 0 unspecified atom stereocenters. The first kappa shape index (κ1) is 20.4. The van der Waals surface area contributed by atoms with E-state index in [0.717, 1.165) is 23.2 Å². The van der Waals surface area contributed by atoms with Crippen LogP contribution in [0.1, 0.15) is 21.5 Å². The third kappa shape index (κ3) is 5.82. The number of hydrogen-bond donors (Lipinski definition) is 0. The standard InChI is InChI=1S/C24H23FO4/c1-27-22-5-3-2-4-20(22)13-15-29-24-16-19(17-26)8-11-23(24)28-14-12-18-6-9-21(25)10-7-18/h2-11,16-17H,12-15H2,1H3. The molecule has 0 aliphatic rings. The highest BCUT2D eigenvalue weighted by molar-refractivity contribution is 5.76. The zero-order valence-corrected chi connectivity index (χ0v) is 16.3. The molecule has 5 heteroatoms. The van der Waals surface area contributed by atoms with Gasteiger partial charge in [0.1, 0.15) is 17.9 Å². The highest BCUT2D eigenvalue weighted by Crippen LogP contribution is 2.29. The summed E-state index contributed by atoms with van der Waals surface area (Å²) in [6.07, 6.45) is 2.07. The van der Waals surface area contributed by atoms with Crippen LogP contribution >= 0.6 is 0 Å². The number of aldehydes is 1. The van der Waals surface area contributed by atoms with Gasteiger partial charge in [0, 0.05) is 18.4 Å². The van der Waals surface area contributed by atoms with Crippen LogP contribution in [0.3, 0.4) is 0 Å². The quantitative estimate of drug-likeness (QED) is 0.459. The SMILES string of the molecule is COc1ccccc1CCOc1cc(C=O)ccc1OCCc1ccc(F)cc1. The van der Waals surface area contributed by atoms with Gasteiger partial charge >= 0.3 is 0 Å². The number of methoxy groups -OCH3 is 1. The Hall–Kier alpha value is -3.34. The van der Waals surface area contributed by atoms with Gasteiger partial charge in [0.25, 0.3) is 0 Å². The van der Waals surface area contributed by atoms with Gasteiger partial charge in [-0.1, -0.05) is 30.3 Å². The molecule has 0 aliphatic carbocycles. The molecule has 0 heterocycles. The monoisotopic (exact) mass is 394 g/mol.